The molecular formula is C24H22N2O2. The molecule has 0 bridgehead atoms. The molecule has 0 heterocycles. The number of hydrogen-bond donors (Lipinski definition) is 1. The van der Waals surface area contributed by atoms with E-state index in [4.69, 9.17) is 4.74 Å². The molecule has 0 radical (unpaired) electrons. The molecular weight excluding hydrogens is 348 g/mol. The third-order valence-corrected chi connectivity index (χ3v) is 3.98. The van der Waals surface area contributed by atoms with E-state index in [9.17, 15) is 4.79 Å². The van der Waals surface area contributed by atoms with Crippen LogP contribution in [0.25, 0.3) is 17.2 Å². The molecule has 4 nitrogen and oxygen atoms in total. The van der Waals surface area contributed by atoms with Crippen LogP contribution < -0.4 is 10.2 Å². The van der Waals surface area contributed by atoms with Gasteiger partial charge in [-0.2, -0.15) is 5.10 Å². The zero-order valence-electron chi connectivity index (χ0n) is 15.7. The van der Waals surface area contributed by atoms with Gasteiger partial charge in [-0.15, -0.1) is 0 Å². The third-order valence-electron chi connectivity index (χ3n) is 3.98. The van der Waals surface area contributed by atoms with Crippen LogP contribution in [0.2, 0.25) is 0 Å². The highest BCUT2D eigenvalue weighted by Crippen LogP contribution is 2.29. The lowest BCUT2D eigenvalue weighted by Crippen LogP contribution is -2.24. The Bertz CT molecular complexity index is 964. The average Bonchev–Trinajstić information content (AvgIpc) is 2.74. The average molecular weight is 370 g/mol. The number of hydrazone groups is 1. The Hall–Kier alpha value is -3.66. The zero-order chi connectivity index (χ0) is 19.6. The number of nitrogens with zero attached hydrogens (tertiary/aromatic N) is 1. The van der Waals surface area contributed by atoms with E-state index in [2.05, 4.69) is 10.5 Å². The van der Waals surface area contributed by atoms with Gasteiger partial charge in [-0.05, 0) is 29.7 Å². The lowest BCUT2D eigenvalue weighted by atomic mass is 10.1. The number of rotatable bonds is 7. The maximum absolute atomic E-state index is 12.0. The summed E-state index contributed by atoms with van der Waals surface area (Å²) in [6, 6.07) is 27.5. The maximum atomic E-state index is 12.0. The summed E-state index contributed by atoms with van der Waals surface area (Å²) in [5, 5.41) is 3.99. The van der Waals surface area contributed by atoms with Crippen LogP contribution in [-0.4, -0.2) is 18.7 Å². The molecule has 140 valence electrons. The van der Waals surface area contributed by atoms with Gasteiger partial charge < -0.3 is 4.74 Å². The second-order valence-corrected chi connectivity index (χ2v) is 6.24. The number of nitrogens with one attached hydrogen (secondary N) is 1. The summed E-state index contributed by atoms with van der Waals surface area (Å²) in [4.78, 5) is 12.0. The molecule has 3 aromatic carbocycles. The molecule has 0 atom stereocenters. The van der Waals surface area contributed by atoms with Gasteiger partial charge in [0.1, 0.15) is 5.75 Å². The zero-order valence-corrected chi connectivity index (χ0v) is 15.7. The van der Waals surface area contributed by atoms with Crippen LogP contribution in [0.15, 0.2) is 95.6 Å². The minimum absolute atomic E-state index is 0.108. The predicted molar refractivity (Wildman–Crippen MR) is 114 cm³/mol. The summed E-state index contributed by atoms with van der Waals surface area (Å²) in [5.74, 6) is 0.347. The molecule has 0 aliphatic carbocycles. The number of benzene rings is 3. The minimum atomic E-state index is -0.313. The van der Waals surface area contributed by atoms with Crippen LogP contribution in [0.3, 0.4) is 0 Å². The first kappa shape index (κ1) is 19.1. The molecule has 3 rings (SSSR count). The highest BCUT2D eigenvalue weighted by Gasteiger charge is 2.07. The summed E-state index contributed by atoms with van der Waals surface area (Å²) in [5.41, 5.74) is 6.49. The molecule has 0 fully saturated rings. The summed E-state index contributed by atoms with van der Waals surface area (Å²) < 4.78 is 5.71. The van der Waals surface area contributed by atoms with Crippen molar-refractivity contribution in [3.8, 4) is 16.9 Å². The van der Waals surface area contributed by atoms with Crippen LogP contribution in [0.5, 0.6) is 5.75 Å². The lowest BCUT2D eigenvalue weighted by Gasteiger charge is -2.10. The van der Waals surface area contributed by atoms with E-state index in [0.717, 1.165) is 22.3 Å². The Labute approximate surface area is 165 Å². The van der Waals surface area contributed by atoms with Crippen molar-refractivity contribution in [3.05, 3.63) is 96.1 Å². The maximum Gasteiger partial charge on any atom is 0.277 e. The fourth-order valence-electron chi connectivity index (χ4n) is 2.68. The largest absolute Gasteiger partial charge is 0.483 e. The molecule has 0 aromatic heterocycles. The van der Waals surface area contributed by atoms with Crippen LogP contribution in [0.1, 0.15) is 12.5 Å². The number of amides is 1. The Balaban J connectivity index is 1.55. The van der Waals surface area contributed by atoms with Crippen molar-refractivity contribution >= 4 is 18.2 Å². The third kappa shape index (κ3) is 5.68. The van der Waals surface area contributed by atoms with Gasteiger partial charge in [0.15, 0.2) is 6.61 Å². The standard InChI is InChI=1S/C24H22N2O2/c1-19(16-20-10-4-2-5-11-20)17-25-26-24(27)18-28-23-15-9-8-14-22(23)21-12-6-3-7-13-21/h2-17H,18H2,1H3,(H,26,27)/b19-16+,25-17+. The monoisotopic (exact) mass is 370 g/mol. The van der Waals surface area contributed by atoms with Crippen LogP contribution in [-0.2, 0) is 4.79 Å². The lowest BCUT2D eigenvalue weighted by molar-refractivity contribution is -0.123. The van der Waals surface area contributed by atoms with Crippen molar-refractivity contribution in [1.29, 1.82) is 0 Å². The topological polar surface area (TPSA) is 50.7 Å². The Morgan fingerprint density at radius 3 is 2.32 bits per heavy atom. The van der Waals surface area contributed by atoms with E-state index in [1.54, 1.807) is 6.21 Å². The minimum Gasteiger partial charge on any atom is -0.483 e. The van der Waals surface area contributed by atoms with Crippen molar-refractivity contribution in [2.45, 2.75) is 6.92 Å². The first-order valence-electron chi connectivity index (χ1n) is 9.05. The van der Waals surface area contributed by atoms with Crippen molar-refractivity contribution < 1.29 is 9.53 Å². The molecule has 0 aliphatic rings. The normalized spacial score (nSPS) is 11.4. The quantitative estimate of drug-likeness (QED) is 0.473. The molecule has 4 heteroatoms. The Morgan fingerprint density at radius 2 is 1.57 bits per heavy atom. The summed E-state index contributed by atoms with van der Waals surface area (Å²) >= 11 is 0. The van der Waals surface area contributed by atoms with Gasteiger partial charge in [0.05, 0.1) is 6.21 Å². The van der Waals surface area contributed by atoms with Gasteiger partial charge in [-0.1, -0.05) is 84.9 Å². The predicted octanol–water partition coefficient (Wildman–Crippen LogP) is 4.94. The molecule has 3 aromatic rings. The number of para-hydroxylation sites is 1. The first-order chi connectivity index (χ1) is 13.7. The van der Waals surface area contributed by atoms with Crippen molar-refractivity contribution in [2.24, 2.45) is 5.10 Å². The fraction of sp³-hybridized carbons (Fsp3) is 0.0833. The van der Waals surface area contributed by atoms with Crippen LogP contribution in [0, 0.1) is 0 Å². The molecule has 0 spiro atoms. The summed E-state index contributed by atoms with van der Waals surface area (Å²) in [7, 11) is 0. The van der Waals surface area contributed by atoms with Crippen molar-refractivity contribution in [1.82, 2.24) is 5.43 Å². The second-order valence-electron chi connectivity index (χ2n) is 6.24. The number of carbonyl (C=O) groups excluding carboxylic acids is 1. The number of allylic oxidation sites excluding steroid dienone is 1. The number of hydrogen-bond acceptors (Lipinski definition) is 3. The Kier molecular flexibility index (Phi) is 6.74. The molecule has 1 N–H and O–H groups in total. The first-order valence-corrected chi connectivity index (χ1v) is 9.05. The van der Waals surface area contributed by atoms with E-state index in [-0.39, 0.29) is 12.5 Å². The van der Waals surface area contributed by atoms with Crippen LogP contribution >= 0.6 is 0 Å². The van der Waals surface area contributed by atoms with Crippen LogP contribution in [0.4, 0.5) is 0 Å². The molecule has 28 heavy (non-hydrogen) atoms. The summed E-state index contributed by atoms with van der Waals surface area (Å²) in [6.45, 7) is 1.82. The van der Waals surface area contributed by atoms with Gasteiger partial charge in [0.2, 0.25) is 0 Å². The fourth-order valence-corrected chi connectivity index (χ4v) is 2.68. The molecule has 0 saturated heterocycles. The van der Waals surface area contributed by atoms with Crippen molar-refractivity contribution in [2.75, 3.05) is 6.61 Å². The molecule has 0 saturated carbocycles. The van der Waals surface area contributed by atoms with Gasteiger partial charge in [-0.25, -0.2) is 5.43 Å². The molecule has 0 unspecified atom stereocenters. The smallest absolute Gasteiger partial charge is 0.277 e. The van der Waals surface area contributed by atoms with E-state index in [0.29, 0.717) is 5.75 Å². The van der Waals surface area contributed by atoms with E-state index in [1.807, 2.05) is 97.9 Å². The molecule has 0 aliphatic heterocycles. The van der Waals surface area contributed by atoms with Gasteiger partial charge in [-0.3, -0.25) is 4.79 Å². The molecule has 1 amide bonds. The van der Waals surface area contributed by atoms with Gasteiger partial charge in [0, 0.05) is 5.56 Å². The van der Waals surface area contributed by atoms with E-state index >= 15 is 0 Å². The number of carbonyl (C=O) groups is 1. The number of ether oxygens (including phenoxy) is 1. The summed E-state index contributed by atoms with van der Waals surface area (Å²) in [6.07, 6.45) is 3.60. The highest BCUT2D eigenvalue weighted by molar-refractivity contribution is 5.86. The van der Waals surface area contributed by atoms with Gasteiger partial charge >= 0.3 is 0 Å². The van der Waals surface area contributed by atoms with Crippen molar-refractivity contribution in [3.63, 3.8) is 0 Å². The Morgan fingerprint density at radius 1 is 0.929 bits per heavy atom. The van der Waals surface area contributed by atoms with E-state index in [1.165, 1.54) is 0 Å². The second kappa shape index (κ2) is 9.88. The van der Waals surface area contributed by atoms with E-state index < -0.39 is 0 Å². The van der Waals surface area contributed by atoms with Gasteiger partial charge in [0.25, 0.3) is 5.91 Å². The SMILES string of the molecule is CC(/C=N/NC(=O)COc1ccccc1-c1ccccc1)=C\c1ccccc1. The highest BCUT2D eigenvalue weighted by atomic mass is 16.5.